The Bertz CT molecular complexity index is 2200. The first-order valence-electron chi connectivity index (χ1n) is 12.6. The van der Waals surface area contributed by atoms with Gasteiger partial charge in [0.25, 0.3) is 0 Å². The molecule has 0 fully saturated rings. The molecule has 5 nitrogen and oxygen atoms in total. The summed E-state index contributed by atoms with van der Waals surface area (Å²) in [5.74, 6) is 1.67. The molecule has 8 rings (SSSR count). The molecule has 3 heterocycles. The Morgan fingerprint density at radius 1 is 0.462 bits per heavy atom. The summed E-state index contributed by atoms with van der Waals surface area (Å²) in [6.45, 7) is 0. The van der Waals surface area contributed by atoms with Crippen LogP contribution in [-0.2, 0) is 0 Å². The zero-order chi connectivity index (χ0) is 25.9. The fourth-order valence-electron chi connectivity index (χ4n) is 5.16. The Labute approximate surface area is 227 Å². The van der Waals surface area contributed by atoms with E-state index in [-0.39, 0.29) is 0 Å². The topological polar surface area (TPSA) is 65.0 Å². The molecule has 0 saturated heterocycles. The quantitative estimate of drug-likeness (QED) is 0.231. The van der Waals surface area contributed by atoms with E-state index in [9.17, 15) is 0 Å². The smallest absolute Gasteiger partial charge is 0.167 e. The summed E-state index contributed by atoms with van der Waals surface area (Å²) < 4.78 is 12.4. The van der Waals surface area contributed by atoms with Crippen LogP contribution in [0.2, 0.25) is 5.02 Å². The van der Waals surface area contributed by atoms with Crippen LogP contribution in [0.25, 0.3) is 78.0 Å². The number of halogens is 1. The maximum atomic E-state index is 6.30. The molecule has 0 N–H and O–H groups in total. The number of aromatic nitrogens is 3. The molecule has 8 aromatic rings. The van der Waals surface area contributed by atoms with E-state index in [1.165, 1.54) is 0 Å². The van der Waals surface area contributed by atoms with Gasteiger partial charge in [0.15, 0.2) is 17.5 Å². The summed E-state index contributed by atoms with van der Waals surface area (Å²) in [6.07, 6.45) is 0. The average Bonchev–Trinajstić information content (AvgIpc) is 3.54. The van der Waals surface area contributed by atoms with Crippen LogP contribution >= 0.6 is 11.6 Å². The molecular weight excluding hydrogens is 506 g/mol. The lowest BCUT2D eigenvalue weighted by Gasteiger charge is -2.08. The van der Waals surface area contributed by atoms with Gasteiger partial charge < -0.3 is 8.83 Å². The second kappa shape index (κ2) is 8.51. The minimum atomic E-state index is 0.542. The highest BCUT2D eigenvalue weighted by Crippen LogP contribution is 2.37. The predicted molar refractivity (Wildman–Crippen MR) is 156 cm³/mol. The number of rotatable bonds is 3. The third-order valence-electron chi connectivity index (χ3n) is 7.01. The lowest BCUT2D eigenvalue weighted by molar-refractivity contribution is 0.668. The van der Waals surface area contributed by atoms with E-state index in [1.54, 1.807) is 0 Å². The molecule has 3 aromatic heterocycles. The van der Waals surface area contributed by atoms with Gasteiger partial charge in [0.2, 0.25) is 0 Å². The number of nitrogens with zero attached hydrogens (tertiary/aromatic N) is 3. The van der Waals surface area contributed by atoms with Gasteiger partial charge in [-0.05, 0) is 36.4 Å². The summed E-state index contributed by atoms with van der Waals surface area (Å²) in [6, 6.07) is 35.7. The molecule has 6 heteroatoms. The van der Waals surface area contributed by atoms with Gasteiger partial charge >= 0.3 is 0 Å². The molecule has 0 amide bonds. The number of hydrogen-bond acceptors (Lipinski definition) is 5. The Kier molecular flexibility index (Phi) is 4.81. The molecule has 39 heavy (non-hydrogen) atoms. The van der Waals surface area contributed by atoms with E-state index in [0.717, 1.165) is 60.6 Å². The second-order valence-corrected chi connectivity index (χ2v) is 9.84. The van der Waals surface area contributed by atoms with Crippen LogP contribution in [-0.4, -0.2) is 15.0 Å². The number of benzene rings is 5. The van der Waals surface area contributed by atoms with Crippen LogP contribution < -0.4 is 0 Å². The van der Waals surface area contributed by atoms with E-state index >= 15 is 0 Å². The average molecular weight is 524 g/mol. The van der Waals surface area contributed by atoms with Gasteiger partial charge in [-0.3, -0.25) is 0 Å². The first kappa shape index (κ1) is 22.0. The second-order valence-electron chi connectivity index (χ2n) is 9.41. The lowest BCUT2D eigenvalue weighted by Crippen LogP contribution is -2.00. The molecule has 0 saturated carbocycles. The molecule has 0 bridgehead atoms. The van der Waals surface area contributed by atoms with Gasteiger partial charge in [-0.2, -0.15) is 0 Å². The van der Waals surface area contributed by atoms with Crippen LogP contribution in [0, 0.1) is 0 Å². The Hall–Kier alpha value is -5.00. The lowest BCUT2D eigenvalue weighted by atomic mass is 10.1. The minimum absolute atomic E-state index is 0.542. The number of furan rings is 2. The summed E-state index contributed by atoms with van der Waals surface area (Å²) in [5, 5.41) is 4.74. The van der Waals surface area contributed by atoms with E-state index in [1.807, 2.05) is 97.1 Å². The van der Waals surface area contributed by atoms with Crippen molar-refractivity contribution in [2.45, 2.75) is 0 Å². The molecule has 5 aromatic carbocycles. The first-order valence-corrected chi connectivity index (χ1v) is 12.9. The standard InChI is InChI=1S/C33H18ClN3O2/c34-21-14-16-24-23-15-13-20(17-28(23)38-29(24)18-21)32-35-31(19-7-2-1-3-8-19)36-33(37-32)26-11-6-10-25-22-9-4-5-12-27(22)39-30(25)26/h1-18H. The number of hydrogen-bond donors (Lipinski definition) is 0. The van der Waals surface area contributed by atoms with E-state index in [2.05, 4.69) is 12.1 Å². The maximum Gasteiger partial charge on any atom is 0.167 e. The van der Waals surface area contributed by atoms with Crippen molar-refractivity contribution in [3.63, 3.8) is 0 Å². The third-order valence-corrected chi connectivity index (χ3v) is 7.24. The molecule has 0 spiro atoms. The monoisotopic (exact) mass is 523 g/mol. The van der Waals surface area contributed by atoms with Crippen LogP contribution in [0.3, 0.4) is 0 Å². The molecule has 0 aliphatic carbocycles. The van der Waals surface area contributed by atoms with Crippen molar-refractivity contribution in [1.82, 2.24) is 15.0 Å². The first-order chi connectivity index (χ1) is 19.2. The van der Waals surface area contributed by atoms with E-state index in [0.29, 0.717) is 22.5 Å². The van der Waals surface area contributed by atoms with Crippen molar-refractivity contribution in [2.24, 2.45) is 0 Å². The third kappa shape index (κ3) is 3.59. The van der Waals surface area contributed by atoms with Crippen molar-refractivity contribution in [3.05, 3.63) is 114 Å². The summed E-state index contributed by atoms with van der Waals surface area (Å²) in [4.78, 5) is 14.7. The zero-order valence-corrected chi connectivity index (χ0v) is 21.2. The molecule has 0 aliphatic rings. The van der Waals surface area contributed by atoms with Crippen molar-refractivity contribution >= 4 is 55.5 Å². The van der Waals surface area contributed by atoms with Gasteiger partial charge in [-0.15, -0.1) is 0 Å². The molecular formula is C33H18ClN3O2. The zero-order valence-electron chi connectivity index (χ0n) is 20.4. The van der Waals surface area contributed by atoms with Gasteiger partial charge in [-0.25, -0.2) is 15.0 Å². The highest BCUT2D eigenvalue weighted by molar-refractivity contribution is 6.31. The van der Waals surface area contributed by atoms with E-state index < -0.39 is 0 Å². The van der Waals surface area contributed by atoms with Crippen LogP contribution in [0.15, 0.2) is 118 Å². The number of fused-ring (bicyclic) bond motifs is 6. The fraction of sp³-hybridized carbons (Fsp3) is 0. The Morgan fingerprint density at radius 3 is 2.00 bits per heavy atom. The summed E-state index contributed by atoms with van der Waals surface area (Å²) in [7, 11) is 0. The van der Waals surface area contributed by atoms with Crippen molar-refractivity contribution < 1.29 is 8.83 Å². The largest absolute Gasteiger partial charge is 0.456 e. The van der Waals surface area contributed by atoms with Gasteiger partial charge in [0.05, 0.1) is 5.56 Å². The normalized spacial score (nSPS) is 11.7. The molecule has 0 atom stereocenters. The summed E-state index contributed by atoms with van der Waals surface area (Å²) >= 11 is 6.20. The SMILES string of the molecule is Clc1ccc2c(c1)oc1cc(-c3nc(-c4ccccc4)nc(-c4cccc5c4oc4ccccc45)n3)ccc12. The maximum absolute atomic E-state index is 6.30. The minimum Gasteiger partial charge on any atom is -0.456 e. The molecule has 0 radical (unpaired) electrons. The molecule has 0 aliphatic heterocycles. The predicted octanol–water partition coefficient (Wildman–Crippen LogP) is 9.32. The number of para-hydroxylation sites is 2. The highest BCUT2D eigenvalue weighted by atomic mass is 35.5. The Morgan fingerprint density at radius 2 is 1.13 bits per heavy atom. The van der Waals surface area contributed by atoms with Gasteiger partial charge in [0, 0.05) is 43.8 Å². The van der Waals surface area contributed by atoms with E-state index in [4.69, 9.17) is 35.4 Å². The molecule has 0 unspecified atom stereocenters. The summed E-state index contributed by atoms with van der Waals surface area (Å²) in [5.41, 5.74) is 5.60. The highest BCUT2D eigenvalue weighted by Gasteiger charge is 2.18. The van der Waals surface area contributed by atoms with Crippen LogP contribution in [0.1, 0.15) is 0 Å². The van der Waals surface area contributed by atoms with Gasteiger partial charge in [-0.1, -0.05) is 78.3 Å². The molecule has 184 valence electrons. The van der Waals surface area contributed by atoms with Crippen molar-refractivity contribution in [3.8, 4) is 34.2 Å². The van der Waals surface area contributed by atoms with Crippen LogP contribution in [0.4, 0.5) is 0 Å². The van der Waals surface area contributed by atoms with Crippen LogP contribution in [0.5, 0.6) is 0 Å². The fourth-order valence-corrected chi connectivity index (χ4v) is 5.32. The van der Waals surface area contributed by atoms with Gasteiger partial charge in [0.1, 0.15) is 22.3 Å². The Balaban J connectivity index is 1.37. The van der Waals surface area contributed by atoms with Crippen molar-refractivity contribution in [1.29, 1.82) is 0 Å². The van der Waals surface area contributed by atoms with Crippen molar-refractivity contribution in [2.75, 3.05) is 0 Å².